The fraction of sp³-hybridized carbons (Fsp3) is 0.312. The van der Waals surface area contributed by atoms with E-state index in [2.05, 4.69) is 34.3 Å². The quantitative estimate of drug-likeness (QED) is 0.919. The maximum atomic E-state index is 11.6. The fourth-order valence-corrected chi connectivity index (χ4v) is 2.44. The monoisotopic (exact) mass is 298 g/mol. The average molecular weight is 298 g/mol. The third-order valence-corrected chi connectivity index (χ3v) is 3.61. The number of rotatable bonds is 5. The van der Waals surface area contributed by atoms with Crippen molar-refractivity contribution in [2.45, 2.75) is 19.9 Å². The first kappa shape index (κ1) is 14.3. The Morgan fingerprint density at radius 3 is 2.82 bits per heavy atom. The molecule has 0 radical (unpaired) electrons. The number of aromatic nitrogens is 2. The van der Waals surface area contributed by atoms with Gasteiger partial charge in [-0.25, -0.2) is 9.78 Å². The van der Waals surface area contributed by atoms with Crippen molar-refractivity contribution in [1.82, 2.24) is 9.97 Å². The van der Waals surface area contributed by atoms with Crippen molar-refractivity contribution in [2.75, 3.05) is 23.4 Å². The summed E-state index contributed by atoms with van der Waals surface area (Å²) in [6, 6.07) is 9.98. The van der Waals surface area contributed by atoms with Crippen LogP contribution >= 0.6 is 0 Å². The van der Waals surface area contributed by atoms with Crippen LogP contribution in [0.5, 0.6) is 0 Å². The summed E-state index contributed by atoms with van der Waals surface area (Å²) in [5.41, 5.74) is 2.52. The Morgan fingerprint density at radius 2 is 2.09 bits per heavy atom. The van der Waals surface area contributed by atoms with Crippen LogP contribution in [0.4, 0.5) is 16.6 Å². The predicted molar refractivity (Wildman–Crippen MR) is 83.9 cm³/mol. The summed E-state index contributed by atoms with van der Waals surface area (Å²) in [7, 11) is 0. The van der Waals surface area contributed by atoms with Crippen molar-refractivity contribution >= 4 is 17.9 Å². The molecule has 1 aliphatic heterocycles. The van der Waals surface area contributed by atoms with Crippen LogP contribution in [0.25, 0.3) is 0 Å². The minimum Gasteiger partial charge on any atom is -0.447 e. The third kappa shape index (κ3) is 3.00. The summed E-state index contributed by atoms with van der Waals surface area (Å²) in [6.45, 7) is 3.70. The lowest BCUT2D eigenvalue weighted by Gasteiger charge is -2.13. The van der Waals surface area contributed by atoms with Gasteiger partial charge in [0.2, 0.25) is 5.95 Å². The second kappa shape index (κ2) is 6.43. The van der Waals surface area contributed by atoms with Crippen molar-refractivity contribution in [3.63, 3.8) is 0 Å². The van der Waals surface area contributed by atoms with E-state index in [0.717, 1.165) is 6.42 Å². The highest BCUT2D eigenvalue weighted by atomic mass is 16.6. The molecule has 2 heterocycles. The molecular formula is C16H18N4O2. The molecule has 1 fully saturated rings. The SMILES string of the molecule is CCc1ccccc1CNc1nccc(N2CCOC2=O)n1. The first-order valence-electron chi connectivity index (χ1n) is 7.36. The van der Waals surface area contributed by atoms with E-state index >= 15 is 0 Å². The van der Waals surface area contributed by atoms with Crippen molar-refractivity contribution in [3.8, 4) is 0 Å². The largest absolute Gasteiger partial charge is 0.447 e. The van der Waals surface area contributed by atoms with E-state index in [1.54, 1.807) is 12.3 Å². The van der Waals surface area contributed by atoms with E-state index in [1.165, 1.54) is 16.0 Å². The van der Waals surface area contributed by atoms with Crippen LogP contribution in [-0.4, -0.2) is 29.2 Å². The fourth-order valence-electron chi connectivity index (χ4n) is 2.44. The Kier molecular flexibility index (Phi) is 4.18. The second-order valence-electron chi connectivity index (χ2n) is 4.98. The lowest BCUT2D eigenvalue weighted by Crippen LogP contribution is -2.24. The molecule has 114 valence electrons. The molecule has 3 rings (SSSR count). The highest BCUT2D eigenvalue weighted by Gasteiger charge is 2.24. The van der Waals surface area contributed by atoms with E-state index in [0.29, 0.717) is 31.5 Å². The number of amides is 1. The van der Waals surface area contributed by atoms with Crippen LogP contribution in [0, 0.1) is 0 Å². The molecule has 0 atom stereocenters. The Hall–Kier alpha value is -2.63. The molecule has 1 saturated heterocycles. The molecule has 1 aromatic carbocycles. The highest BCUT2D eigenvalue weighted by Crippen LogP contribution is 2.17. The number of cyclic esters (lactones) is 1. The van der Waals surface area contributed by atoms with Crippen LogP contribution in [0.1, 0.15) is 18.1 Å². The number of ether oxygens (including phenoxy) is 1. The van der Waals surface area contributed by atoms with Gasteiger partial charge in [0.15, 0.2) is 0 Å². The maximum Gasteiger partial charge on any atom is 0.415 e. The van der Waals surface area contributed by atoms with Gasteiger partial charge in [0.1, 0.15) is 12.4 Å². The van der Waals surface area contributed by atoms with Crippen LogP contribution in [0.3, 0.4) is 0 Å². The number of hydrogen-bond donors (Lipinski definition) is 1. The molecule has 22 heavy (non-hydrogen) atoms. The first-order chi connectivity index (χ1) is 10.8. The van der Waals surface area contributed by atoms with Gasteiger partial charge in [-0.1, -0.05) is 31.2 Å². The molecule has 6 nitrogen and oxygen atoms in total. The molecule has 0 bridgehead atoms. The normalized spacial score (nSPS) is 14.0. The minimum atomic E-state index is -0.360. The van der Waals surface area contributed by atoms with Crippen molar-refractivity contribution in [2.24, 2.45) is 0 Å². The van der Waals surface area contributed by atoms with Crippen LogP contribution in [-0.2, 0) is 17.7 Å². The molecule has 1 aromatic heterocycles. The van der Waals surface area contributed by atoms with E-state index in [1.807, 2.05) is 12.1 Å². The van der Waals surface area contributed by atoms with E-state index < -0.39 is 0 Å². The molecule has 1 amide bonds. The van der Waals surface area contributed by atoms with Crippen LogP contribution < -0.4 is 10.2 Å². The van der Waals surface area contributed by atoms with Gasteiger partial charge in [-0.3, -0.25) is 4.90 Å². The second-order valence-corrected chi connectivity index (χ2v) is 4.98. The summed E-state index contributed by atoms with van der Waals surface area (Å²) < 4.78 is 4.93. The van der Waals surface area contributed by atoms with Gasteiger partial charge < -0.3 is 10.1 Å². The Bertz CT molecular complexity index is 675. The zero-order valence-corrected chi connectivity index (χ0v) is 12.5. The van der Waals surface area contributed by atoms with Gasteiger partial charge in [0.25, 0.3) is 0 Å². The summed E-state index contributed by atoms with van der Waals surface area (Å²) in [5, 5.41) is 3.21. The number of carbonyl (C=O) groups is 1. The third-order valence-electron chi connectivity index (χ3n) is 3.61. The molecular weight excluding hydrogens is 280 g/mol. The van der Waals surface area contributed by atoms with Gasteiger partial charge >= 0.3 is 6.09 Å². The molecule has 0 aliphatic carbocycles. The number of anilines is 2. The highest BCUT2D eigenvalue weighted by molar-refractivity contribution is 5.88. The standard InChI is InChI=1S/C16H18N4O2/c1-2-12-5-3-4-6-13(12)11-18-15-17-8-7-14(19-15)20-9-10-22-16(20)21/h3-8H,2,9-11H2,1H3,(H,17,18,19). The summed E-state index contributed by atoms with van der Waals surface area (Å²) in [6.07, 6.45) is 2.27. The smallest absolute Gasteiger partial charge is 0.415 e. The van der Waals surface area contributed by atoms with Crippen LogP contribution in [0.2, 0.25) is 0 Å². The number of aryl methyl sites for hydroxylation is 1. The first-order valence-corrected chi connectivity index (χ1v) is 7.36. The van der Waals surface area contributed by atoms with E-state index in [-0.39, 0.29) is 6.09 Å². The summed E-state index contributed by atoms with van der Waals surface area (Å²) in [5.74, 6) is 1.06. The van der Waals surface area contributed by atoms with E-state index in [4.69, 9.17) is 4.74 Å². The molecule has 1 N–H and O–H groups in total. The van der Waals surface area contributed by atoms with Crippen molar-refractivity contribution in [1.29, 1.82) is 0 Å². The topological polar surface area (TPSA) is 67.3 Å². The molecule has 6 heteroatoms. The zero-order valence-electron chi connectivity index (χ0n) is 12.5. The van der Waals surface area contributed by atoms with Gasteiger partial charge in [-0.15, -0.1) is 0 Å². The molecule has 2 aromatic rings. The van der Waals surface area contributed by atoms with Gasteiger partial charge in [0, 0.05) is 12.7 Å². The van der Waals surface area contributed by atoms with Crippen molar-refractivity contribution in [3.05, 3.63) is 47.7 Å². The summed E-state index contributed by atoms with van der Waals surface area (Å²) in [4.78, 5) is 21.7. The Labute approximate surface area is 129 Å². The molecule has 0 spiro atoms. The van der Waals surface area contributed by atoms with Gasteiger partial charge in [-0.05, 0) is 23.6 Å². The Morgan fingerprint density at radius 1 is 1.27 bits per heavy atom. The summed E-state index contributed by atoms with van der Waals surface area (Å²) >= 11 is 0. The average Bonchev–Trinajstić information content (AvgIpc) is 2.99. The number of nitrogens with one attached hydrogen (secondary N) is 1. The maximum absolute atomic E-state index is 11.6. The number of hydrogen-bond acceptors (Lipinski definition) is 5. The van der Waals surface area contributed by atoms with Crippen LogP contribution in [0.15, 0.2) is 36.5 Å². The number of carbonyl (C=O) groups excluding carboxylic acids is 1. The lowest BCUT2D eigenvalue weighted by molar-refractivity contribution is 0.181. The molecule has 1 aliphatic rings. The van der Waals surface area contributed by atoms with Gasteiger partial charge in [0.05, 0.1) is 6.54 Å². The van der Waals surface area contributed by atoms with Gasteiger partial charge in [-0.2, -0.15) is 4.98 Å². The predicted octanol–water partition coefficient (Wildman–Crippen LogP) is 2.61. The van der Waals surface area contributed by atoms with E-state index in [9.17, 15) is 4.79 Å². The number of benzene rings is 1. The van der Waals surface area contributed by atoms with Crippen molar-refractivity contribution < 1.29 is 9.53 Å². The molecule has 0 unspecified atom stereocenters. The molecule has 0 saturated carbocycles. The Balaban J connectivity index is 1.72. The lowest BCUT2D eigenvalue weighted by atomic mass is 10.1. The number of nitrogens with zero attached hydrogens (tertiary/aromatic N) is 3. The zero-order chi connectivity index (χ0) is 15.4. The minimum absolute atomic E-state index is 0.360.